The Morgan fingerprint density at radius 3 is 2.02 bits per heavy atom. The summed E-state index contributed by atoms with van der Waals surface area (Å²) in [5.74, 6) is -4.82. The molecule has 9 N–H and O–H groups in total. The van der Waals surface area contributed by atoms with Crippen LogP contribution in [-0.2, 0) is 40.0 Å². The van der Waals surface area contributed by atoms with Gasteiger partial charge in [0.25, 0.3) is 0 Å². The Morgan fingerprint density at radius 1 is 0.839 bits per heavy atom. The lowest BCUT2D eigenvalue weighted by Crippen LogP contribution is -2.60. The Labute approximate surface area is 334 Å². The van der Waals surface area contributed by atoms with E-state index in [9.17, 15) is 43.8 Å². The van der Waals surface area contributed by atoms with Gasteiger partial charge in [0.1, 0.15) is 42.0 Å². The molecule has 0 aromatic heterocycles. The van der Waals surface area contributed by atoms with Gasteiger partial charge in [-0.15, -0.1) is 0 Å². The van der Waals surface area contributed by atoms with Gasteiger partial charge in [-0.05, 0) is 86.5 Å². The maximum atomic E-state index is 14.1. The van der Waals surface area contributed by atoms with Crippen LogP contribution < -0.4 is 32.3 Å². The molecule has 1 fully saturated rings. The van der Waals surface area contributed by atoms with E-state index in [0.29, 0.717) is 25.0 Å². The molecule has 1 saturated heterocycles. The highest BCUT2D eigenvalue weighted by atomic mass is 32.2. The highest BCUT2D eigenvalue weighted by molar-refractivity contribution is 7.98. The van der Waals surface area contributed by atoms with E-state index in [2.05, 4.69) is 26.6 Å². The summed E-state index contributed by atoms with van der Waals surface area (Å²) in [6.45, 7) is 12.4. The van der Waals surface area contributed by atoms with Gasteiger partial charge in [0.05, 0.1) is 6.04 Å². The summed E-state index contributed by atoms with van der Waals surface area (Å²) < 4.78 is 0. The molecule has 8 atom stereocenters. The standard InChI is InChI=1S/C39H63N7O9S/c1-9-23(6)32(45-33(48)24(7)41-34(49)27(40)20-25-12-14-26(47)15-13-25)37(52)42-28(16-18-56-8)38(53)46-17-10-11-30(46)36(51)43-29(19-21(2)3)35(50)44-31(22(4)5)39(54)55/h12-15,21-24,27-32,47H,9-11,16-20,40H2,1-8H3,(H,41,49)(H,42,52)(H,43,51)(H,44,50)(H,45,48)(H,54,55)/t23-,24-,27-,28-,29-,30-,31-,32-/m0/s1. The number of likely N-dealkylation sites (tertiary alicyclic amines) is 1. The number of aliphatic carboxylic acids is 1. The van der Waals surface area contributed by atoms with Crippen LogP contribution in [0.3, 0.4) is 0 Å². The molecule has 1 aliphatic rings. The maximum absolute atomic E-state index is 14.1. The van der Waals surface area contributed by atoms with Crippen molar-refractivity contribution in [1.29, 1.82) is 0 Å². The molecule has 0 radical (unpaired) electrons. The Balaban J connectivity index is 2.19. The maximum Gasteiger partial charge on any atom is 0.326 e. The lowest BCUT2D eigenvalue weighted by atomic mass is 9.97. The van der Waals surface area contributed by atoms with Gasteiger partial charge in [-0.3, -0.25) is 28.8 Å². The number of aromatic hydroxyl groups is 1. The molecule has 0 unspecified atom stereocenters. The number of nitrogens with two attached hydrogens (primary N) is 1. The monoisotopic (exact) mass is 805 g/mol. The summed E-state index contributed by atoms with van der Waals surface area (Å²) in [4.78, 5) is 94.3. The molecular formula is C39H63N7O9S. The molecule has 6 amide bonds. The van der Waals surface area contributed by atoms with Gasteiger partial charge in [-0.25, -0.2) is 4.79 Å². The number of carboxylic acid groups (broad SMARTS) is 1. The van der Waals surface area contributed by atoms with E-state index < -0.39 is 89.6 Å². The zero-order chi connectivity index (χ0) is 42.3. The van der Waals surface area contributed by atoms with Crippen molar-refractivity contribution in [2.24, 2.45) is 23.5 Å². The molecule has 314 valence electrons. The van der Waals surface area contributed by atoms with Crippen LogP contribution in [0.25, 0.3) is 0 Å². The number of nitrogens with zero attached hydrogens (tertiary/aromatic N) is 1. The Hall–Kier alpha value is -4.38. The van der Waals surface area contributed by atoms with E-state index in [4.69, 9.17) is 5.73 Å². The average molecular weight is 806 g/mol. The van der Waals surface area contributed by atoms with Gasteiger partial charge in [0, 0.05) is 6.54 Å². The second kappa shape index (κ2) is 23.0. The summed E-state index contributed by atoms with van der Waals surface area (Å²) in [6.07, 6.45) is 3.86. The smallest absolute Gasteiger partial charge is 0.326 e. The minimum absolute atomic E-state index is 0.0202. The van der Waals surface area contributed by atoms with Crippen molar-refractivity contribution in [3.63, 3.8) is 0 Å². The molecule has 1 aromatic carbocycles. The van der Waals surface area contributed by atoms with E-state index in [-0.39, 0.29) is 43.4 Å². The van der Waals surface area contributed by atoms with E-state index in [1.54, 1.807) is 32.9 Å². The molecule has 17 heteroatoms. The highest BCUT2D eigenvalue weighted by Crippen LogP contribution is 2.21. The molecule has 1 aliphatic heterocycles. The van der Waals surface area contributed by atoms with Gasteiger partial charge in [-0.1, -0.05) is 60.1 Å². The number of benzene rings is 1. The summed E-state index contributed by atoms with van der Waals surface area (Å²) in [5, 5.41) is 32.6. The third-order valence-electron chi connectivity index (χ3n) is 9.91. The SMILES string of the molecule is CC[C@H](C)[C@H](NC(=O)[C@H](C)NC(=O)[C@@H](N)Cc1ccc(O)cc1)C(=O)N[C@@H](CCSC)C(=O)N1CCC[C@H]1C(=O)N[C@@H](CC(C)C)C(=O)N[C@H](C(=O)O)C(C)C. The molecule has 1 heterocycles. The van der Waals surface area contributed by atoms with Crippen LogP contribution >= 0.6 is 11.8 Å². The number of rotatable bonds is 22. The Bertz CT molecular complexity index is 1510. The number of hydrogen-bond acceptors (Lipinski definition) is 10. The number of carbonyl (C=O) groups excluding carboxylic acids is 6. The van der Waals surface area contributed by atoms with Crippen molar-refractivity contribution in [1.82, 2.24) is 31.5 Å². The normalized spacial score (nSPS) is 17.8. The lowest BCUT2D eigenvalue weighted by Gasteiger charge is -2.32. The second-order valence-electron chi connectivity index (χ2n) is 15.4. The van der Waals surface area contributed by atoms with Crippen LogP contribution in [0.1, 0.15) is 86.1 Å². The first-order valence-corrected chi connectivity index (χ1v) is 20.8. The lowest BCUT2D eigenvalue weighted by molar-refractivity contribution is -0.144. The molecule has 0 spiro atoms. The van der Waals surface area contributed by atoms with Crippen LogP contribution in [0.4, 0.5) is 0 Å². The van der Waals surface area contributed by atoms with Crippen LogP contribution in [0.5, 0.6) is 5.75 Å². The number of thioether (sulfide) groups is 1. The second-order valence-corrected chi connectivity index (χ2v) is 16.4. The quantitative estimate of drug-likeness (QED) is 0.0829. The van der Waals surface area contributed by atoms with Crippen LogP contribution in [0.15, 0.2) is 24.3 Å². The van der Waals surface area contributed by atoms with E-state index >= 15 is 0 Å². The van der Waals surface area contributed by atoms with Gasteiger partial charge < -0.3 is 47.4 Å². The van der Waals surface area contributed by atoms with E-state index in [1.165, 1.54) is 35.7 Å². The number of amides is 6. The van der Waals surface area contributed by atoms with Crippen molar-refractivity contribution in [2.75, 3.05) is 18.6 Å². The first-order chi connectivity index (χ1) is 26.3. The minimum Gasteiger partial charge on any atom is -0.508 e. The number of hydrogen-bond donors (Lipinski definition) is 8. The summed E-state index contributed by atoms with van der Waals surface area (Å²) >= 11 is 1.47. The number of phenolic OH excluding ortho intramolecular Hbond substituents is 1. The first-order valence-electron chi connectivity index (χ1n) is 19.4. The minimum atomic E-state index is -1.19. The number of carboxylic acids is 1. The zero-order valence-corrected chi connectivity index (χ0v) is 34.7. The topological polar surface area (TPSA) is 249 Å². The molecule has 1 aromatic rings. The molecule has 56 heavy (non-hydrogen) atoms. The molecule has 2 rings (SSSR count). The van der Waals surface area contributed by atoms with Crippen LogP contribution in [0, 0.1) is 17.8 Å². The van der Waals surface area contributed by atoms with Crippen LogP contribution in [0.2, 0.25) is 0 Å². The van der Waals surface area contributed by atoms with E-state index in [1.807, 2.05) is 27.0 Å². The first kappa shape index (κ1) is 47.8. The Morgan fingerprint density at radius 2 is 1.46 bits per heavy atom. The van der Waals surface area contributed by atoms with Crippen LogP contribution in [-0.4, -0.2) is 117 Å². The van der Waals surface area contributed by atoms with Crippen molar-refractivity contribution in [2.45, 2.75) is 129 Å². The average Bonchev–Trinajstić information content (AvgIpc) is 3.64. The highest BCUT2D eigenvalue weighted by Gasteiger charge is 2.40. The largest absolute Gasteiger partial charge is 0.508 e. The number of phenols is 1. The third-order valence-corrected chi connectivity index (χ3v) is 10.6. The molecule has 0 saturated carbocycles. The van der Waals surface area contributed by atoms with Crippen molar-refractivity contribution >= 4 is 53.2 Å². The number of carbonyl (C=O) groups is 7. The summed E-state index contributed by atoms with van der Waals surface area (Å²) in [5.41, 5.74) is 6.80. The Kier molecular flexibility index (Phi) is 19.6. The zero-order valence-electron chi connectivity index (χ0n) is 33.9. The van der Waals surface area contributed by atoms with Gasteiger partial charge in [0.15, 0.2) is 0 Å². The fourth-order valence-corrected chi connectivity index (χ4v) is 6.81. The number of nitrogens with one attached hydrogen (secondary N) is 5. The molecule has 16 nitrogen and oxygen atoms in total. The van der Waals surface area contributed by atoms with Gasteiger partial charge in [0.2, 0.25) is 35.4 Å². The van der Waals surface area contributed by atoms with Crippen molar-refractivity contribution in [3.8, 4) is 5.75 Å². The fourth-order valence-electron chi connectivity index (χ4n) is 6.34. The fraction of sp³-hybridized carbons (Fsp3) is 0.667. The van der Waals surface area contributed by atoms with E-state index in [0.717, 1.165) is 5.56 Å². The van der Waals surface area contributed by atoms with Crippen molar-refractivity contribution in [3.05, 3.63) is 29.8 Å². The summed E-state index contributed by atoms with van der Waals surface area (Å²) in [6, 6.07) is -0.968. The molecule has 0 bridgehead atoms. The van der Waals surface area contributed by atoms with Gasteiger partial charge in [-0.2, -0.15) is 11.8 Å². The third kappa shape index (κ3) is 14.6. The van der Waals surface area contributed by atoms with Crippen molar-refractivity contribution < 1.29 is 43.8 Å². The predicted octanol–water partition coefficient (Wildman–Crippen LogP) is 1.28. The van der Waals surface area contributed by atoms with Gasteiger partial charge >= 0.3 is 5.97 Å². The molecular weight excluding hydrogens is 743 g/mol. The predicted molar refractivity (Wildman–Crippen MR) is 214 cm³/mol. The molecule has 0 aliphatic carbocycles. The summed E-state index contributed by atoms with van der Waals surface area (Å²) in [7, 11) is 0.